The number of hydrogen-bond donors (Lipinski definition) is 2. The summed E-state index contributed by atoms with van der Waals surface area (Å²) < 4.78 is 10.0. The summed E-state index contributed by atoms with van der Waals surface area (Å²) in [5.41, 5.74) is 6.96. The molecule has 5 nitrogen and oxygen atoms in total. The number of carbonyl (C=O) groups is 1. The van der Waals surface area contributed by atoms with Crippen molar-refractivity contribution in [2.75, 3.05) is 31.4 Å². The molecule has 1 atom stereocenters. The van der Waals surface area contributed by atoms with Crippen LogP contribution in [0.25, 0.3) is 0 Å². The molecule has 0 aliphatic heterocycles. The Morgan fingerprint density at radius 1 is 1.53 bits per heavy atom. The molecule has 106 valence electrons. The minimum Gasteiger partial charge on any atom is -0.462 e. The first-order chi connectivity index (χ1) is 8.99. The van der Waals surface area contributed by atoms with Gasteiger partial charge >= 0.3 is 5.97 Å². The number of anilines is 2. The molecule has 3 N–H and O–H groups in total. The van der Waals surface area contributed by atoms with Gasteiger partial charge in [-0.25, -0.2) is 4.79 Å². The number of rotatable bonds is 6. The predicted octanol–water partition coefficient (Wildman–Crippen LogP) is 2.55. The van der Waals surface area contributed by atoms with Crippen LogP contribution >= 0.6 is 11.6 Å². The van der Waals surface area contributed by atoms with Crippen molar-refractivity contribution in [3.8, 4) is 0 Å². The predicted molar refractivity (Wildman–Crippen MR) is 76.8 cm³/mol. The molecule has 0 fully saturated rings. The Hall–Kier alpha value is -1.46. The molecule has 0 aliphatic carbocycles. The SMILES string of the molecule is CCOC(=O)c1cc(N)cc(Cl)c1NC(C)COC. The fourth-order valence-corrected chi connectivity index (χ4v) is 1.96. The van der Waals surface area contributed by atoms with Gasteiger partial charge in [0.2, 0.25) is 0 Å². The number of nitrogens with one attached hydrogen (secondary N) is 1. The van der Waals surface area contributed by atoms with Crippen LogP contribution < -0.4 is 11.1 Å². The van der Waals surface area contributed by atoms with Gasteiger partial charge in [-0.1, -0.05) is 11.6 Å². The van der Waals surface area contributed by atoms with Crippen LogP contribution in [0.1, 0.15) is 24.2 Å². The van der Waals surface area contributed by atoms with Crippen LogP contribution in [0.3, 0.4) is 0 Å². The maximum absolute atomic E-state index is 11.9. The molecule has 0 saturated carbocycles. The topological polar surface area (TPSA) is 73.6 Å². The summed E-state index contributed by atoms with van der Waals surface area (Å²) in [5, 5.41) is 3.51. The van der Waals surface area contributed by atoms with Gasteiger partial charge in [0, 0.05) is 18.8 Å². The van der Waals surface area contributed by atoms with Gasteiger partial charge in [0.15, 0.2) is 0 Å². The summed E-state index contributed by atoms with van der Waals surface area (Å²) in [6.07, 6.45) is 0. The van der Waals surface area contributed by atoms with Crippen molar-refractivity contribution in [1.82, 2.24) is 0 Å². The third-order valence-electron chi connectivity index (χ3n) is 2.42. The molecular formula is C13H19ClN2O3. The Kier molecular flexibility index (Phi) is 5.92. The second-order valence-corrected chi connectivity index (χ2v) is 4.55. The Morgan fingerprint density at radius 3 is 2.79 bits per heavy atom. The number of ether oxygens (including phenoxy) is 2. The van der Waals surface area contributed by atoms with Gasteiger partial charge in [0.25, 0.3) is 0 Å². The Balaban J connectivity index is 3.09. The molecular weight excluding hydrogens is 268 g/mol. The van der Waals surface area contributed by atoms with E-state index >= 15 is 0 Å². The zero-order valence-electron chi connectivity index (χ0n) is 11.3. The summed E-state index contributed by atoms with van der Waals surface area (Å²) in [4.78, 5) is 11.9. The zero-order valence-corrected chi connectivity index (χ0v) is 12.1. The van der Waals surface area contributed by atoms with Gasteiger partial charge in [0.05, 0.1) is 29.5 Å². The number of hydrogen-bond acceptors (Lipinski definition) is 5. The van der Waals surface area contributed by atoms with Crippen LogP contribution in [0.5, 0.6) is 0 Å². The summed E-state index contributed by atoms with van der Waals surface area (Å²) in [7, 11) is 1.61. The van der Waals surface area contributed by atoms with Gasteiger partial charge in [-0.05, 0) is 26.0 Å². The maximum Gasteiger partial charge on any atom is 0.340 e. The lowest BCUT2D eigenvalue weighted by molar-refractivity contribution is 0.0527. The van der Waals surface area contributed by atoms with E-state index in [9.17, 15) is 4.79 Å². The Morgan fingerprint density at radius 2 is 2.21 bits per heavy atom. The average molecular weight is 287 g/mol. The van der Waals surface area contributed by atoms with Crippen molar-refractivity contribution in [2.45, 2.75) is 19.9 Å². The van der Waals surface area contributed by atoms with Crippen molar-refractivity contribution in [3.05, 3.63) is 22.7 Å². The zero-order chi connectivity index (χ0) is 14.4. The molecule has 19 heavy (non-hydrogen) atoms. The molecule has 1 aromatic rings. The second-order valence-electron chi connectivity index (χ2n) is 4.15. The smallest absolute Gasteiger partial charge is 0.340 e. The number of methoxy groups -OCH3 is 1. The Bertz CT molecular complexity index is 452. The molecule has 0 bridgehead atoms. The fourth-order valence-electron chi connectivity index (χ4n) is 1.68. The van der Waals surface area contributed by atoms with Crippen LogP contribution in [0.2, 0.25) is 5.02 Å². The van der Waals surface area contributed by atoms with Gasteiger partial charge < -0.3 is 20.5 Å². The van der Waals surface area contributed by atoms with Crippen molar-refractivity contribution >= 4 is 28.9 Å². The third-order valence-corrected chi connectivity index (χ3v) is 2.71. The molecule has 0 radical (unpaired) electrons. The van der Waals surface area contributed by atoms with Crippen LogP contribution in [-0.2, 0) is 9.47 Å². The molecule has 0 aromatic heterocycles. The van der Waals surface area contributed by atoms with Gasteiger partial charge in [-0.3, -0.25) is 0 Å². The van der Waals surface area contributed by atoms with E-state index in [1.807, 2.05) is 6.92 Å². The highest BCUT2D eigenvalue weighted by Crippen LogP contribution is 2.30. The van der Waals surface area contributed by atoms with Crippen molar-refractivity contribution < 1.29 is 14.3 Å². The van der Waals surface area contributed by atoms with E-state index in [-0.39, 0.29) is 12.6 Å². The van der Waals surface area contributed by atoms with Gasteiger partial charge in [-0.15, -0.1) is 0 Å². The monoisotopic (exact) mass is 286 g/mol. The molecule has 1 aromatic carbocycles. The van der Waals surface area contributed by atoms with E-state index in [1.165, 1.54) is 0 Å². The standard InChI is InChI=1S/C13H19ClN2O3/c1-4-19-13(17)10-5-9(15)6-11(14)12(10)16-8(2)7-18-3/h5-6,8,16H,4,7,15H2,1-3H3. The third kappa shape index (κ3) is 4.29. The molecule has 0 heterocycles. The van der Waals surface area contributed by atoms with E-state index in [0.717, 1.165) is 0 Å². The van der Waals surface area contributed by atoms with Gasteiger partial charge in [0.1, 0.15) is 0 Å². The van der Waals surface area contributed by atoms with Crippen molar-refractivity contribution in [2.24, 2.45) is 0 Å². The normalized spacial score (nSPS) is 12.0. The number of nitrogens with two attached hydrogens (primary N) is 1. The first-order valence-electron chi connectivity index (χ1n) is 6.01. The lowest BCUT2D eigenvalue weighted by Gasteiger charge is -2.18. The molecule has 0 amide bonds. The van der Waals surface area contributed by atoms with E-state index in [0.29, 0.717) is 28.6 Å². The molecule has 0 spiro atoms. The quantitative estimate of drug-likeness (QED) is 0.621. The highest BCUT2D eigenvalue weighted by Gasteiger charge is 2.18. The fraction of sp³-hybridized carbons (Fsp3) is 0.462. The maximum atomic E-state index is 11.9. The minimum absolute atomic E-state index is 0.000647. The van der Waals surface area contributed by atoms with Crippen LogP contribution in [0.4, 0.5) is 11.4 Å². The number of halogens is 1. The Labute approximate surface area is 118 Å². The number of nitrogen functional groups attached to an aromatic ring is 1. The van der Waals surface area contributed by atoms with E-state index in [2.05, 4.69) is 5.32 Å². The van der Waals surface area contributed by atoms with Crippen LogP contribution in [0.15, 0.2) is 12.1 Å². The molecule has 0 saturated heterocycles. The highest BCUT2D eigenvalue weighted by atomic mass is 35.5. The molecule has 1 unspecified atom stereocenters. The van der Waals surface area contributed by atoms with Crippen molar-refractivity contribution in [1.29, 1.82) is 0 Å². The summed E-state index contributed by atoms with van der Waals surface area (Å²) in [6.45, 7) is 4.44. The van der Waals surface area contributed by atoms with Gasteiger partial charge in [-0.2, -0.15) is 0 Å². The van der Waals surface area contributed by atoms with E-state index < -0.39 is 5.97 Å². The summed E-state index contributed by atoms with van der Waals surface area (Å²) in [6, 6.07) is 3.14. The molecule has 0 aliphatic rings. The van der Waals surface area contributed by atoms with Crippen molar-refractivity contribution in [3.63, 3.8) is 0 Å². The minimum atomic E-state index is -0.455. The lowest BCUT2D eigenvalue weighted by atomic mass is 10.1. The summed E-state index contributed by atoms with van der Waals surface area (Å²) in [5.74, 6) is -0.455. The summed E-state index contributed by atoms with van der Waals surface area (Å²) >= 11 is 6.13. The largest absolute Gasteiger partial charge is 0.462 e. The van der Waals surface area contributed by atoms with Crippen LogP contribution in [-0.4, -0.2) is 32.3 Å². The number of esters is 1. The highest BCUT2D eigenvalue weighted by molar-refractivity contribution is 6.34. The van der Waals surface area contributed by atoms with E-state index in [1.54, 1.807) is 26.2 Å². The van der Waals surface area contributed by atoms with E-state index in [4.69, 9.17) is 26.8 Å². The first kappa shape index (κ1) is 15.6. The second kappa shape index (κ2) is 7.21. The van der Waals surface area contributed by atoms with Crippen LogP contribution in [0, 0.1) is 0 Å². The lowest BCUT2D eigenvalue weighted by Crippen LogP contribution is -2.23. The molecule has 1 rings (SSSR count). The first-order valence-corrected chi connectivity index (χ1v) is 6.39. The average Bonchev–Trinajstić information content (AvgIpc) is 2.33. The number of carbonyl (C=O) groups excluding carboxylic acids is 1. The number of benzene rings is 1. The molecule has 6 heteroatoms.